The van der Waals surface area contributed by atoms with Crippen LogP contribution in [-0.2, 0) is 12.8 Å². The molecule has 1 heterocycles. The molecule has 0 aliphatic heterocycles. The van der Waals surface area contributed by atoms with Crippen molar-refractivity contribution < 1.29 is 4.42 Å². The van der Waals surface area contributed by atoms with Crippen LogP contribution in [-0.4, -0.2) is 10.7 Å². The van der Waals surface area contributed by atoms with Crippen LogP contribution in [0.1, 0.15) is 23.4 Å². The number of fused-ring (bicyclic) bond motifs is 1. The Balaban J connectivity index is 1.88. The lowest BCUT2D eigenvalue weighted by atomic mass is 9.86. The van der Waals surface area contributed by atoms with Crippen molar-refractivity contribution in [3.8, 4) is 11.5 Å². The van der Waals surface area contributed by atoms with Crippen molar-refractivity contribution in [1.82, 2.24) is 4.98 Å². The molecule has 0 radical (unpaired) electrons. The molecule has 22 heavy (non-hydrogen) atoms. The van der Waals surface area contributed by atoms with Gasteiger partial charge in [-0.2, -0.15) is 0 Å². The van der Waals surface area contributed by atoms with Gasteiger partial charge in [0, 0.05) is 29.8 Å². The highest BCUT2D eigenvalue weighted by molar-refractivity contribution is 5.97. The lowest BCUT2D eigenvalue weighted by Gasteiger charge is -2.19. The molecule has 3 rings (SSSR count). The maximum absolute atomic E-state index is 6.02. The first-order valence-corrected chi connectivity index (χ1v) is 7.58. The number of hydrogen-bond acceptors (Lipinski definition) is 3. The molecule has 0 bridgehead atoms. The fourth-order valence-electron chi connectivity index (χ4n) is 2.96. The van der Waals surface area contributed by atoms with Gasteiger partial charge in [0.25, 0.3) is 0 Å². The summed E-state index contributed by atoms with van der Waals surface area (Å²) in [5.41, 5.74) is 4.30. The molecule has 0 amide bonds. The maximum atomic E-state index is 6.02. The fraction of sp³-hybridized carbons (Fsp3) is 0.263. The zero-order valence-corrected chi connectivity index (χ0v) is 12.9. The summed E-state index contributed by atoms with van der Waals surface area (Å²) in [4.78, 5) is 8.99. The molecule has 0 spiro atoms. The second-order valence-electron chi connectivity index (χ2n) is 5.64. The molecule has 1 unspecified atom stereocenters. The van der Waals surface area contributed by atoms with Gasteiger partial charge < -0.3 is 4.42 Å². The Kier molecular flexibility index (Phi) is 4.05. The third-order valence-electron chi connectivity index (χ3n) is 4.07. The van der Waals surface area contributed by atoms with E-state index in [0.29, 0.717) is 5.92 Å². The SMILES string of the molecule is C=CN=C(C=C)C1CCc2nc(-c3cccc(C)c3)oc2C1. The van der Waals surface area contributed by atoms with Crippen LogP contribution in [0.25, 0.3) is 11.5 Å². The second kappa shape index (κ2) is 6.14. The van der Waals surface area contributed by atoms with Crippen LogP contribution < -0.4 is 0 Å². The van der Waals surface area contributed by atoms with E-state index in [0.717, 1.165) is 47.9 Å². The van der Waals surface area contributed by atoms with E-state index in [2.05, 4.69) is 42.2 Å². The number of hydrogen-bond donors (Lipinski definition) is 0. The Morgan fingerprint density at radius 3 is 3.00 bits per heavy atom. The largest absolute Gasteiger partial charge is 0.441 e. The highest BCUT2D eigenvalue weighted by Crippen LogP contribution is 2.31. The molecule has 1 aliphatic carbocycles. The number of allylic oxidation sites excluding steroid dienone is 1. The lowest BCUT2D eigenvalue weighted by Crippen LogP contribution is -2.20. The number of aliphatic imine (C=N–C) groups is 1. The molecule has 3 heteroatoms. The molecule has 112 valence electrons. The normalized spacial score (nSPS) is 17.9. The predicted molar refractivity (Wildman–Crippen MR) is 90.0 cm³/mol. The highest BCUT2D eigenvalue weighted by Gasteiger charge is 2.26. The average molecular weight is 292 g/mol. The van der Waals surface area contributed by atoms with Gasteiger partial charge in [0.15, 0.2) is 0 Å². The van der Waals surface area contributed by atoms with Gasteiger partial charge in [0.2, 0.25) is 5.89 Å². The molecule has 3 nitrogen and oxygen atoms in total. The van der Waals surface area contributed by atoms with Gasteiger partial charge in [-0.1, -0.05) is 30.9 Å². The van der Waals surface area contributed by atoms with E-state index < -0.39 is 0 Å². The van der Waals surface area contributed by atoms with E-state index >= 15 is 0 Å². The van der Waals surface area contributed by atoms with Gasteiger partial charge in [-0.05, 0) is 38.0 Å². The Labute approximate surface area is 131 Å². The summed E-state index contributed by atoms with van der Waals surface area (Å²) >= 11 is 0. The lowest BCUT2D eigenvalue weighted by molar-refractivity contribution is 0.456. The topological polar surface area (TPSA) is 38.4 Å². The standard InChI is InChI=1S/C19H20N2O/c1-4-16(20-5-2)14-9-10-17-18(12-14)22-19(21-17)15-8-6-7-13(3)11-15/h4-8,11,14H,1-2,9-10,12H2,3H3. The van der Waals surface area contributed by atoms with Crippen LogP contribution in [0.2, 0.25) is 0 Å². The van der Waals surface area contributed by atoms with Crippen LogP contribution in [0.3, 0.4) is 0 Å². The first-order valence-electron chi connectivity index (χ1n) is 7.58. The molecule has 2 aromatic rings. The summed E-state index contributed by atoms with van der Waals surface area (Å²) in [6, 6.07) is 8.24. The minimum absolute atomic E-state index is 0.335. The maximum Gasteiger partial charge on any atom is 0.226 e. The van der Waals surface area contributed by atoms with E-state index in [9.17, 15) is 0 Å². The molecule has 1 aliphatic rings. The molecule has 1 aromatic carbocycles. The van der Waals surface area contributed by atoms with E-state index in [1.165, 1.54) is 5.56 Å². The van der Waals surface area contributed by atoms with Crippen LogP contribution in [0.5, 0.6) is 0 Å². The van der Waals surface area contributed by atoms with E-state index in [1.807, 2.05) is 18.2 Å². The molecule has 0 saturated carbocycles. The van der Waals surface area contributed by atoms with Gasteiger partial charge in [0.05, 0.1) is 5.69 Å². The summed E-state index contributed by atoms with van der Waals surface area (Å²) in [6.45, 7) is 9.59. The summed E-state index contributed by atoms with van der Waals surface area (Å²) in [5, 5.41) is 0. The number of aromatic nitrogens is 1. The summed E-state index contributed by atoms with van der Waals surface area (Å²) < 4.78 is 6.02. The van der Waals surface area contributed by atoms with Gasteiger partial charge in [-0.3, -0.25) is 4.99 Å². The number of aryl methyl sites for hydroxylation is 2. The first kappa shape index (κ1) is 14.5. The monoisotopic (exact) mass is 292 g/mol. The van der Waals surface area contributed by atoms with E-state index in [1.54, 1.807) is 6.20 Å². The third kappa shape index (κ3) is 2.80. The zero-order valence-electron chi connectivity index (χ0n) is 12.9. The molecule has 1 aromatic heterocycles. The fourth-order valence-corrected chi connectivity index (χ4v) is 2.96. The molecule has 0 saturated heterocycles. The average Bonchev–Trinajstić information content (AvgIpc) is 2.95. The molecule has 0 fully saturated rings. The van der Waals surface area contributed by atoms with Crippen LogP contribution in [0.4, 0.5) is 0 Å². The molecule has 0 N–H and O–H groups in total. The van der Waals surface area contributed by atoms with Crippen molar-refractivity contribution in [1.29, 1.82) is 0 Å². The number of rotatable bonds is 4. The van der Waals surface area contributed by atoms with Gasteiger partial charge in [0.1, 0.15) is 5.76 Å². The molecular formula is C19H20N2O. The minimum Gasteiger partial charge on any atom is -0.441 e. The Morgan fingerprint density at radius 1 is 1.41 bits per heavy atom. The summed E-state index contributed by atoms with van der Waals surface area (Å²) in [6.07, 6.45) is 6.15. The van der Waals surface area contributed by atoms with Crippen molar-refractivity contribution in [3.63, 3.8) is 0 Å². The first-order chi connectivity index (χ1) is 10.7. The smallest absolute Gasteiger partial charge is 0.226 e. The van der Waals surface area contributed by atoms with Gasteiger partial charge >= 0.3 is 0 Å². The highest BCUT2D eigenvalue weighted by atomic mass is 16.4. The van der Waals surface area contributed by atoms with Crippen LogP contribution in [0, 0.1) is 12.8 Å². The Hall–Kier alpha value is -2.42. The quantitative estimate of drug-likeness (QED) is 0.777. The summed E-state index contributed by atoms with van der Waals surface area (Å²) in [7, 11) is 0. The van der Waals surface area contributed by atoms with Crippen molar-refractivity contribution >= 4 is 5.71 Å². The molecular weight excluding hydrogens is 272 g/mol. The van der Waals surface area contributed by atoms with Crippen molar-refractivity contribution in [2.75, 3.05) is 0 Å². The third-order valence-corrected chi connectivity index (χ3v) is 4.07. The van der Waals surface area contributed by atoms with Crippen molar-refractivity contribution in [2.24, 2.45) is 10.9 Å². The second-order valence-corrected chi connectivity index (χ2v) is 5.64. The number of oxazole rings is 1. The minimum atomic E-state index is 0.335. The summed E-state index contributed by atoms with van der Waals surface area (Å²) in [5.74, 6) is 2.03. The molecule has 1 atom stereocenters. The number of benzene rings is 1. The van der Waals surface area contributed by atoms with E-state index in [-0.39, 0.29) is 0 Å². The van der Waals surface area contributed by atoms with Crippen molar-refractivity contribution in [3.05, 3.63) is 66.7 Å². The van der Waals surface area contributed by atoms with Crippen molar-refractivity contribution in [2.45, 2.75) is 26.2 Å². The number of nitrogens with zero attached hydrogens (tertiary/aromatic N) is 2. The van der Waals surface area contributed by atoms with Gasteiger partial charge in [-0.15, -0.1) is 0 Å². The zero-order chi connectivity index (χ0) is 15.5. The van der Waals surface area contributed by atoms with E-state index in [4.69, 9.17) is 4.42 Å². The van der Waals surface area contributed by atoms with Crippen LogP contribution >= 0.6 is 0 Å². The Morgan fingerprint density at radius 2 is 2.27 bits per heavy atom. The van der Waals surface area contributed by atoms with Crippen LogP contribution in [0.15, 0.2) is 59.1 Å². The predicted octanol–water partition coefficient (Wildman–Crippen LogP) is 4.53. The van der Waals surface area contributed by atoms with Gasteiger partial charge in [-0.25, -0.2) is 4.98 Å². The Bertz CT molecular complexity index is 740.